The molecule has 1 aromatic carbocycles. The van der Waals surface area contributed by atoms with Crippen LogP contribution in [-0.4, -0.2) is 13.7 Å². The van der Waals surface area contributed by atoms with Gasteiger partial charge in [0.1, 0.15) is 10.7 Å². The van der Waals surface area contributed by atoms with E-state index < -0.39 is 20.9 Å². The lowest BCUT2D eigenvalue weighted by molar-refractivity contribution is 0.551. The summed E-state index contributed by atoms with van der Waals surface area (Å²) in [6.07, 6.45) is 2.22. The van der Waals surface area contributed by atoms with Crippen molar-refractivity contribution >= 4 is 21.4 Å². The van der Waals surface area contributed by atoms with Gasteiger partial charge in [-0.1, -0.05) is 37.4 Å². The van der Waals surface area contributed by atoms with E-state index in [-0.39, 0.29) is 9.92 Å². The van der Waals surface area contributed by atoms with E-state index in [0.717, 1.165) is 18.9 Å². The summed E-state index contributed by atoms with van der Waals surface area (Å²) in [5.74, 6) is -0.777. The second-order valence-corrected chi connectivity index (χ2v) is 6.76. The monoisotopic (exact) mass is 278 g/mol. The van der Waals surface area contributed by atoms with Crippen LogP contribution < -0.4 is 0 Å². The zero-order valence-electron chi connectivity index (χ0n) is 9.91. The van der Waals surface area contributed by atoms with E-state index >= 15 is 0 Å². The van der Waals surface area contributed by atoms with Gasteiger partial charge in [-0.05, 0) is 25.5 Å². The van der Waals surface area contributed by atoms with Gasteiger partial charge in [0.15, 0.2) is 9.84 Å². The van der Waals surface area contributed by atoms with Crippen molar-refractivity contribution in [1.82, 2.24) is 0 Å². The molecule has 0 amide bonds. The van der Waals surface area contributed by atoms with Crippen LogP contribution in [0.3, 0.4) is 0 Å². The van der Waals surface area contributed by atoms with E-state index in [1.165, 1.54) is 12.1 Å². The summed E-state index contributed by atoms with van der Waals surface area (Å²) in [7, 11) is -3.68. The fourth-order valence-corrected chi connectivity index (χ4v) is 3.65. The molecule has 5 heteroatoms. The third kappa shape index (κ3) is 3.19. The summed E-state index contributed by atoms with van der Waals surface area (Å²) >= 11 is 5.77. The normalized spacial score (nSPS) is 13.6. The number of benzene rings is 1. The lowest BCUT2D eigenvalue weighted by Gasteiger charge is -2.14. The smallest absolute Gasteiger partial charge is 0.185 e. The van der Waals surface area contributed by atoms with Crippen molar-refractivity contribution in [2.45, 2.75) is 43.3 Å². The van der Waals surface area contributed by atoms with Crippen LogP contribution >= 0.6 is 11.6 Å². The van der Waals surface area contributed by atoms with Gasteiger partial charge in [-0.3, -0.25) is 0 Å². The number of hydrogen-bond acceptors (Lipinski definition) is 2. The zero-order chi connectivity index (χ0) is 13.1. The number of sulfone groups is 1. The van der Waals surface area contributed by atoms with Crippen LogP contribution in [0.25, 0.3) is 0 Å². The van der Waals surface area contributed by atoms with Gasteiger partial charge in [-0.25, -0.2) is 12.8 Å². The highest BCUT2D eigenvalue weighted by Crippen LogP contribution is 2.29. The standard InChI is InChI=1S/C12H16ClFO2S/c1-3-4-6-9(2)17(15,16)12-10(13)7-5-8-11(12)14/h5,7-9H,3-4,6H2,1-2H3. The first-order valence-electron chi connectivity index (χ1n) is 5.59. The summed E-state index contributed by atoms with van der Waals surface area (Å²) in [5.41, 5.74) is 0. The van der Waals surface area contributed by atoms with Crippen LogP contribution in [-0.2, 0) is 9.84 Å². The molecule has 0 spiro atoms. The maximum absolute atomic E-state index is 13.6. The third-order valence-corrected chi connectivity index (χ3v) is 5.40. The van der Waals surface area contributed by atoms with Gasteiger partial charge in [-0.15, -0.1) is 0 Å². The number of hydrogen-bond donors (Lipinski definition) is 0. The first-order valence-corrected chi connectivity index (χ1v) is 7.51. The van der Waals surface area contributed by atoms with Crippen LogP contribution in [0.5, 0.6) is 0 Å². The molecule has 17 heavy (non-hydrogen) atoms. The van der Waals surface area contributed by atoms with Crippen LogP contribution in [0.1, 0.15) is 33.1 Å². The van der Waals surface area contributed by atoms with Gasteiger partial charge in [0.25, 0.3) is 0 Å². The van der Waals surface area contributed by atoms with Crippen molar-refractivity contribution in [1.29, 1.82) is 0 Å². The molecule has 96 valence electrons. The van der Waals surface area contributed by atoms with Crippen molar-refractivity contribution in [2.75, 3.05) is 0 Å². The first kappa shape index (κ1) is 14.5. The molecule has 0 aliphatic heterocycles. The van der Waals surface area contributed by atoms with E-state index in [4.69, 9.17) is 11.6 Å². The van der Waals surface area contributed by atoms with Crippen molar-refractivity contribution in [3.8, 4) is 0 Å². The van der Waals surface area contributed by atoms with Gasteiger partial charge in [0.2, 0.25) is 0 Å². The van der Waals surface area contributed by atoms with Gasteiger partial charge in [0.05, 0.1) is 10.3 Å². The number of rotatable bonds is 5. The van der Waals surface area contributed by atoms with Crippen LogP contribution in [0.4, 0.5) is 4.39 Å². The average Bonchev–Trinajstić information content (AvgIpc) is 2.25. The molecular formula is C12H16ClFO2S. The molecule has 2 nitrogen and oxygen atoms in total. The Morgan fingerprint density at radius 1 is 1.41 bits per heavy atom. The Morgan fingerprint density at radius 3 is 2.59 bits per heavy atom. The Kier molecular flexibility index (Phi) is 4.95. The molecule has 0 bridgehead atoms. The molecule has 1 aromatic rings. The van der Waals surface area contributed by atoms with Crippen LogP contribution in [0.2, 0.25) is 5.02 Å². The lowest BCUT2D eigenvalue weighted by atomic mass is 10.2. The lowest BCUT2D eigenvalue weighted by Crippen LogP contribution is -2.19. The maximum atomic E-state index is 13.6. The molecule has 0 heterocycles. The average molecular weight is 279 g/mol. The second-order valence-electron chi connectivity index (χ2n) is 4.05. The van der Waals surface area contributed by atoms with Crippen molar-refractivity contribution in [2.24, 2.45) is 0 Å². The molecule has 1 unspecified atom stereocenters. The van der Waals surface area contributed by atoms with Gasteiger partial charge >= 0.3 is 0 Å². The summed E-state index contributed by atoms with van der Waals surface area (Å²) in [4.78, 5) is -0.370. The molecule has 0 radical (unpaired) electrons. The van der Waals surface area contributed by atoms with Crippen molar-refractivity contribution < 1.29 is 12.8 Å². The molecule has 0 N–H and O–H groups in total. The van der Waals surface area contributed by atoms with Gasteiger partial charge < -0.3 is 0 Å². The molecule has 0 saturated carbocycles. The number of unbranched alkanes of at least 4 members (excludes halogenated alkanes) is 1. The molecule has 0 aliphatic carbocycles. The minimum absolute atomic E-state index is 0.0478. The molecule has 0 aromatic heterocycles. The Labute approximate surface area is 107 Å². The molecule has 1 atom stereocenters. The fraction of sp³-hybridized carbons (Fsp3) is 0.500. The first-order chi connectivity index (χ1) is 7.91. The summed E-state index contributed by atoms with van der Waals surface area (Å²) < 4.78 is 37.9. The largest absolute Gasteiger partial charge is 0.223 e. The Hall–Kier alpha value is -0.610. The van der Waals surface area contributed by atoms with E-state index in [2.05, 4.69) is 0 Å². The van der Waals surface area contributed by atoms with E-state index in [0.29, 0.717) is 6.42 Å². The predicted octanol–water partition coefficient (Wildman–Crippen LogP) is 3.83. The highest BCUT2D eigenvalue weighted by molar-refractivity contribution is 7.92. The van der Waals surface area contributed by atoms with E-state index in [9.17, 15) is 12.8 Å². The summed E-state index contributed by atoms with van der Waals surface area (Å²) in [5, 5.41) is -0.662. The van der Waals surface area contributed by atoms with Gasteiger partial charge in [-0.2, -0.15) is 0 Å². The molecule has 0 saturated heterocycles. The second kappa shape index (κ2) is 5.83. The summed E-state index contributed by atoms with van der Waals surface area (Å²) in [6, 6.07) is 3.91. The van der Waals surface area contributed by atoms with E-state index in [1.807, 2.05) is 6.92 Å². The Bertz CT molecular complexity index is 465. The SMILES string of the molecule is CCCCC(C)S(=O)(=O)c1c(F)cccc1Cl. The highest BCUT2D eigenvalue weighted by atomic mass is 35.5. The van der Waals surface area contributed by atoms with Crippen molar-refractivity contribution in [3.05, 3.63) is 29.0 Å². The quantitative estimate of drug-likeness (QED) is 0.820. The minimum atomic E-state index is -3.68. The zero-order valence-corrected chi connectivity index (χ0v) is 11.5. The molecule has 0 aliphatic rings. The van der Waals surface area contributed by atoms with Gasteiger partial charge in [0, 0.05) is 0 Å². The fourth-order valence-electron chi connectivity index (χ4n) is 1.60. The Balaban J connectivity index is 3.13. The Morgan fingerprint density at radius 2 is 2.06 bits per heavy atom. The molecule has 1 rings (SSSR count). The maximum Gasteiger partial charge on any atom is 0.185 e. The minimum Gasteiger partial charge on any atom is -0.223 e. The highest BCUT2D eigenvalue weighted by Gasteiger charge is 2.28. The summed E-state index contributed by atoms with van der Waals surface area (Å²) in [6.45, 7) is 3.57. The predicted molar refractivity (Wildman–Crippen MR) is 67.6 cm³/mol. The van der Waals surface area contributed by atoms with E-state index in [1.54, 1.807) is 6.92 Å². The molecular weight excluding hydrogens is 263 g/mol. The third-order valence-electron chi connectivity index (χ3n) is 2.70. The van der Waals surface area contributed by atoms with Crippen molar-refractivity contribution in [3.63, 3.8) is 0 Å². The molecule has 0 fully saturated rings. The van der Waals surface area contributed by atoms with Crippen LogP contribution in [0.15, 0.2) is 23.1 Å². The topological polar surface area (TPSA) is 34.1 Å². The number of halogens is 2. The van der Waals surface area contributed by atoms with Crippen LogP contribution in [0, 0.1) is 5.82 Å².